The molecular formula is C23H20ClNO4. The van der Waals surface area contributed by atoms with Gasteiger partial charge in [-0.1, -0.05) is 60.1 Å². The summed E-state index contributed by atoms with van der Waals surface area (Å²) in [5.41, 5.74) is 3.09. The van der Waals surface area contributed by atoms with Crippen LogP contribution in [0.15, 0.2) is 72.8 Å². The van der Waals surface area contributed by atoms with E-state index in [0.29, 0.717) is 21.9 Å². The van der Waals surface area contributed by atoms with Gasteiger partial charge in [-0.25, -0.2) is 4.79 Å². The van der Waals surface area contributed by atoms with Crippen LogP contribution in [0.25, 0.3) is 11.1 Å². The average molecular weight is 410 g/mol. The van der Waals surface area contributed by atoms with Gasteiger partial charge in [-0.3, -0.25) is 4.79 Å². The number of amides is 1. The Labute approximate surface area is 173 Å². The number of nitrogens with one attached hydrogen (secondary N) is 1. The smallest absolute Gasteiger partial charge is 0.326 e. The van der Waals surface area contributed by atoms with E-state index < -0.39 is 17.9 Å². The lowest BCUT2D eigenvalue weighted by molar-refractivity contribution is -0.139. The highest BCUT2D eigenvalue weighted by Gasteiger charge is 2.21. The summed E-state index contributed by atoms with van der Waals surface area (Å²) in [7, 11) is 1.50. The first-order valence-electron chi connectivity index (χ1n) is 8.99. The van der Waals surface area contributed by atoms with Crippen molar-refractivity contribution in [3.8, 4) is 16.9 Å². The number of carboxylic acids is 1. The highest BCUT2D eigenvalue weighted by molar-refractivity contribution is 6.32. The SMILES string of the molecule is COc1ccc(C[C@H](NC(=O)c2ccc(-c3ccccc3)cc2)C(=O)O)cc1Cl. The Morgan fingerprint density at radius 2 is 1.66 bits per heavy atom. The van der Waals surface area contributed by atoms with E-state index in [0.717, 1.165) is 11.1 Å². The van der Waals surface area contributed by atoms with E-state index in [2.05, 4.69) is 5.32 Å². The van der Waals surface area contributed by atoms with Gasteiger partial charge in [0.25, 0.3) is 5.91 Å². The third kappa shape index (κ3) is 5.15. The minimum Gasteiger partial charge on any atom is -0.495 e. The first-order valence-corrected chi connectivity index (χ1v) is 9.37. The maximum Gasteiger partial charge on any atom is 0.326 e. The Bertz CT molecular complexity index is 1000. The number of hydrogen-bond acceptors (Lipinski definition) is 3. The summed E-state index contributed by atoms with van der Waals surface area (Å²) in [6, 6.07) is 20.8. The number of ether oxygens (including phenoxy) is 1. The van der Waals surface area contributed by atoms with E-state index in [1.165, 1.54) is 7.11 Å². The van der Waals surface area contributed by atoms with Gasteiger partial charge in [-0.05, 0) is 41.0 Å². The Morgan fingerprint density at radius 3 is 2.24 bits per heavy atom. The van der Waals surface area contributed by atoms with E-state index in [1.54, 1.807) is 30.3 Å². The lowest BCUT2D eigenvalue weighted by atomic mass is 10.0. The summed E-state index contributed by atoms with van der Waals surface area (Å²) in [6.07, 6.45) is 0.104. The molecule has 1 atom stereocenters. The molecule has 1 amide bonds. The lowest BCUT2D eigenvalue weighted by Crippen LogP contribution is -2.42. The molecule has 0 radical (unpaired) electrons. The highest BCUT2D eigenvalue weighted by atomic mass is 35.5. The molecule has 0 aromatic heterocycles. The monoisotopic (exact) mass is 409 g/mol. The molecule has 0 aliphatic rings. The third-order valence-corrected chi connectivity index (χ3v) is 4.81. The predicted molar refractivity (Wildman–Crippen MR) is 112 cm³/mol. The van der Waals surface area contributed by atoms with Crippen molar-refractivity contribution >= 4 is 23.5 Å². The topological polar surface area (TPSA) is 75.6 Å². The molecule has 148 valence electrons. The molecule has 0 bridgehead atoms. The molecular weight excluding hydrogens is 390 g/mol. The van der Waals surface area contributed by atoms with Crippen LogP contribution < -0.4 is 10.1 Å². The van der Waals surface area contributed by atoms with E-state index in [-0.39, 0.29) is 6.42 Å². The van der Waals surface area contributed by atoms with Gasteiger partial charge in [0, 0.05) is 12.0 Å². The molecule has 0 aliphatic carbocycles. The summed E-state index contributed by atoms with van der Waals surface area (Å²) in [5, 5.41) is 12.5. The van der Waals surface area contributed by atoms with Crippen LogP contribution in [0.5, 0.6) is 5.75 Å². The van der Waals surface area contributed by atoms with Gasteiger partial charge < -0.3 is 15.2 Å². The maximum atomic E-state index is 12.5. The van der Waals surface area contributed by atoms with Crippen molar-refractivity contribution in [1.29, 1.82) is 0 Å². The Morgan fingerprint density at radius 1 is 1.00 bits per heavy atom. The zero-order chi connectivity index (χ0) is 20.8. The molecule has 5 nitrogen and oxygen atoms in total. The van der Waals surface area contributed by atoms with Crippen LogP contribution >= 0.6 is 11.6 Å². The van der Waals surface area contributed by atoms with Crippen molar-refractivity contribution < 1.29 is 19.4 Å². The molecule has 2 N–H and O–H groups in total. The van der Waals surface area contributed by atoms with Crippen molar-refractivity contribution in [2.45, 2.75) is 12.5 Å². The van der Waals surface area contributed by atoms with Crippen LogP contribution in [0.1, 0.15) is 15.9 Å². The van der Waals surface area contributed by atoms with Crippen LogP contribution in [-0.4, -0.2) is 30.1 Å². The molecule has 0 unspecified atom stereocenters. The summed E-state index contributed by atoms with van der Waals surface area (Å²) in [5.74, 6) is -1.06. The normalized spacial score (nSPS) is 11.5. The number of benzene rings is 3. The average Bonchev–Trinajstić information content (AvgIpc) is 2.74. The second kappa shape index (κ2) is 9.26. The molecule has 0 saturated carbocycles. The summed E-state index contributed by atoms with van der Waals surface area (Å²) in [6.45, 7) is 0. The van der Waals surface area contributed by atoms with Crippen LogP contribution in [0, 0.1) is 0 Å². The number of hydrogen-bond donors (Lipinski definition) is 2. The Hall–Kier alpha value is -3.31. The minimum atomic E-state index is -1.12. The Balaban J connectivity index is 1.71. The van der Waals surface area contributed by atoms with Crippen LogP contribution in [-0.2, 0) is 11.2 Å². The number of carbonyl (C=O) groups excluding carboxylic acids is 1. The fraction of sp³-hybridized carbons (Fsp3) is 0.130. The first kappa shape index (κ1) is 20.4. The summed E-state index contributed by atoms with van der Waals surface area (Å²) >= 11 is 6.10. The van der Waals surface area contributed by atoms with E-state index in [1.807, 2.05) is 42.5 Å². The molecule has 0 saturated heterocycles. The fourth-order valence-electron chi connectivity index (χ4n) is 2.96. The molecule has 0 heterocycles. The number of methoxy groups -OCH3 is 1. The van der Waals surface area contributed by atoms with Crippen LogP contribution in [0.3, 0.4) is 0 Å². The van der Waals surface area contributed by atoms with E-state index in [9.17, 15) is 14.7 Å². The van der Waals surface area contributed by atoms with Crippen molar-refractivity contribution in [3.05, 3.63) is 88.9 Å². The third-order valence-electron chi connectivity index (χ3n) is 4.51. The van der Waals surface area contributed by atoms with Crippen LogP contribution in [0.2, 0.25) is 5.02 Å². The van der Waals surface area contributed by atoms with Gasteiger partial charge >= 0.3 is 5.97 Å². The molecule has 3 rings (SSSR count). The molecule has 0 aliphatic heterocycles. The lowest BCUT2D eigenvalue weighted by Gasteiger charge is -2.15. The van der Waals surface area contributed by atoms with Gasteiger partial charge in [0.15, 0.2) is 0 Å². The standard InChI is InChI=1S/C23H20ClNO4/c1-29-21-12-7-15(13-19(21)24)14-20(23(27)28)25-22(26)18-10-8-17(9-11-18)16-5-3-2-4-6-16/h2-13,20H,14H2,1H3,(H,25,26)(H,27,28)/t20-/m0/s1. The van der Waals surface area contributed by atoms with Crippen molar-refractivity contribution in [1.82, 2.24) is 5.32 Å². The van der Waals surface area contributed by atoms with Crippen molar-refractivity contribution in [2.24, 2.45) is 0 Å². The zero-order valence-corrected chi connectivity index (χ0v) is 16.5. The number of halogens is 1. The van der Waals surface area contributed by atoms with Gasteiger partial charge in [0.2, 0.25) is 0 Å². The number of carboxylic acid groups (broad SMARTS) is 1. The largest absolute Gasteiger partial charge is 0.495 e. The number of aliphatic carboxylic acids is 1. The Kier molecular flexibility index (Phi) is 6.52. The van der Waals surface area contributed by atoms with Gasteiger partial charge in [0.1, 0.15) is 11.8 Å². The van der Waals surface area contributed by atoms with E-state index in [4.69, 9.17) is 16.3 Å². The van der Waals surface area contributed by atoms with E-state index >= 15 is 0 Å². The molecule has 3 aromatic carbocycles. The van der Waals surface area contributed by atoms with Crippen molar-refractivity contribution in [3.63, 3.8) is 0 Å². The van der Waals surface area contributed by atoms with Gasteiger partial charge in [0.05, 0.1) is 12.1 Å². The second-order valence-electron chi connectivity index (χ2n) is 6.48. The molecule has 29 heavy (non-hydrogen) atoms. The summed E-state index contributed by atoms with van der Waals surface area (Å²) in [4.78, 5) is 24.2. The second-order valence-corrected chi connectivity index (χ2v) is 6.89. The molecule has 0 fully saturated rings. The highest BCUT2D eigenvalue weighted by Crippen LogP contribution is 2.25. The van der Waals surface area contributed by atoms with Crippen LogP contribution in [0.4, 0.5) is 0 Å². The maximum absolute atomic E-state index is 12.5. The predicted octanol–water partition coefficient (Wildman–Crippen LogP) is 4.44. The van der Waals surface area contributed by atoms with Gasteiger partial charge in [-0.2, -0.15) is 0 Å². The fourth-order valence-corrected chi connectivity index (χ4v) is 3.24. The van der Waals surface area contributed by atoms with Crippen molar-refractivity contribution in [2.75, 3.05) is 7.11 Å². The first-order chi connectivity index (χ1) is 14.0. The molecule has 3 aromatic rings. The molecule has 0 spiro atoms. The minimum absolute atomic E-state index is 0.104. The zero-order valence-electron chi connectivity index (χ0n) is 15.8. The van der Waals surface area contributed by atoms with Gasteiger partial charge in [-0.15, -0.1) is 0 Å². The quantitative estimate of drug-likeness (QED) is 0.604. The molecule has 6 heteroatoms. The summed E-state index contributed by atoms with van der Waals surface area (Å²) < 4.78 is 5.10. The number of rotatable bonds is 7. The number of carbonyl (C=O) groups is 2.